The third-order valence-corrected chi connectivity index (χ3v) is 2.82. The molecular weight excluding hydrogens is 192 g/mol. The van der Waals surface area contributed by atoms with Crippen LogP contribution in [0.2, 0.25) is 0 Å². The minimum atomic E-state index is -0.231. The number of amides is 1. The van der Waals surface area contributed by atoms with Gasteiger partial charge in [0.25, 0.3) is 0 Å². The summed E-state index contributed by atoms with van der Waals surface area (Å²) in [6.45, 7) is 3.30. The summed E-state index contributed by atoms with van der Waals surface area (Å²) in [5, 5.41) is 4.07. The average Bonchev–Trinajstić information content (AvgIpc) is 2.85. The van der Waals surface area contributed by atoms with Gasteiger partial charge in [0.1, 0.15) is 6.04 Å². The number of hydrogen-bond acceptors (Lipinski definition) is 3. The molecule has 1 aromatic rings. The molecule has 82 valence electrons. The Bertz CT molecular complexity index is 335. The van der Waals surface area contributed by atoms with Gasteiger partial charge in [0.15, 0.2) is 0 Å². The molecule has 0 aliphatic carbocycles. The Balaban J connectivity index is 2.02. The van der Waals surface area contributed by atoms with Crippen LogP contribution in [0.4, 0.5) is 0 Å². The van der Waals surface area contributed by atoms with Crippen molar-refractivity contribution in [3.8, 4) is 0 Å². The largest absolute Gasteiger partial charge is 0.339 e. The van der Waals surface area contributed by atoms with Crippen LogP contribution in [0.25, 0.3) is 0 Å². The summed E-state index contributed by atoms with van der Waals surface area (Å²) in [4.78, 5) is 13.8. The lowest BCUT2D eigenvalue weighted by Crippen LogP contribution is -2.36. The van der Waals surface area contributed by atoms with E-state index in [-0.39, 0.29) is 18.0 Å². The van der Waals surface area contributed by atoms with Gasteiger partial charge in [0, 0.05) is 31.5 Å². The van der Waals surface area contributed by atoms with Crippen LogP contribution in [-0.2, 0) is 4.79 Å². The lowest BCUT2D eigenvalue weighted by Gasteiger charge is -2.20. The van der Waals surface area contributed by atoms with Crippen LogP contribution < -0.4 is 5.73 Å². The number of rotatable bonds is 2. The number of likely N-dealkylation sites (tertiary alicyclic amines) is 1. The number of carbonyl (C=O) groups is 1. The van der Waals surface area contributed by atoms with Gasteiger partial charge in [-0.15, -0.1) is 0 Å². The normalized spacial score (nSPS) is 23.1. The van der Waals surface area contributed by atoms with Crippen LogP contribution in [0.1, 0.15) is 19.4 Å². The van der Waals surface area contributed by atoms with Crippen LogP contribution >= 0.6 is 0 Å². The number of carbonyl (C=O) groups excluding carboxylic acids is 1. The molecule has 5 nitrogen and oxygen atoms in total. The minimum absolute atomic E-state index is 0.103. The molecule has 0 saturated carbocycles. The Morgan fingerprint density at radius 1 is 1.67 bits per heavy atom. The molecule has 2 atom stereocenters. The number of nitrogens with zero attached hydrogens (tertiary/aromatic N) is 3. The molecule has 2 rings (SSSR count). The van der Waals surface area contributed by atoms with Gasteiger partial charge in [-0.1, -0.05) is 0 Å². The molecule has 2 N–H and O–H groups in total. The van der Waals surface area contributed by atoms with E-state index in [0.717, 1.165) is 13.0 Å². The van der Waals surface area contributed by atoms with Crippen LogP contribution in [0.3, 0.4) is 0 Å². The SMILES string of the molecule is CC(C(=O)N1CCC(N)C1)n1cccn1. The zero-order valence-electron chi connectivity index (χ0n) is 8.84. The maximum Gasteiger partial charge on any atom is 0.247 e. The second kappa shape index (κ2) is 4.02. The Kier molecular flexibility index (Phi) is 2.73. The van der Waals surface area contributed by atoms with Gasteiger partial charge in [0.2, 0.25) is 5.91 Å². The smallest absolute Gasteiger partial charge is 0.247 e. The van der Waals surface area contributed by atoms with Gasteiger partial charge in [0.05, 0.1) is 0 Å². The summed E-state index contributed by atoms with van der Waals surface area (Å²) < 4.78 is 1.67. The quantitative estimate of drug-likeness (QED) is 0.744. The van der Waals surface area contributed by atoms with Crippen molar-refractivity contribution in [2.75, 3.05) is 13.1 Å². The molecule has 1 aromatic heterocycles. The Labute approximate surface area is 88.8 Å². The standard InChI is InChI=1S/C10H16N4O/c1-8(14-5-2-4-12-14)10(15)13-6-3-9(11)7-13/h2,4-5,8-9H,3,6-7,11H2,1H3. The second-order valence-corrected chi connectivity index (χ2v) is 4.00. The summed E-state index contributed by atoms with van der Waals surface area (Å²) in [6.07, 6.45) is 4.38. The monoisotopic (exact) mass is 208 g/mol. The van der Waals surface area contributed by atoms with E-state index >= 15 is 0 Å². The van der Waals surface area contributed by atoms with Crippen molar-refractivity contribution in [3.05, 3.63) is 18.5 Å². The fraction of sp³-hybridized carbons (Fsp3) is 0.600. The molecule has 5 heteroatoms. The number of aromatic nitrogens is 2. The predicted octanol–water partition coefficient (Wildman–Crippen LogP) is 0.00370. The van der Waals surface area contributed by atoms with E-state index in [2.05, 4.69) is 5.10 Å². The molecule has 1 aliphatic heterocycles. The maximum atomic E-state index is 12.0. The molecule has 15 heavy (non-hydrogen) atoms. The molecule has 0 radical (unpaired) electrons. The van der Waals surface area contributed by atoms with E-state index in [9.17, 15) is 4.79 Å². The van der Waals surface area contributed by atoms with Gasteiger partial charge in [-0.2, -0.15) is 5.10 Å². The summed E-state index contributed by atoms with van der Waals surface area (Å²) >= 11 is 0. The van der Waals surface area contributed by atoms with Crippen molar-refractivity contribution >= 4 is 5.91 Å². The van der Waals surface area contributed by atoms with Crippen molar-refractivity contribution in [1.82, 2.24) is 14.7 Å². The van der Waals surface area contributed by atoms with Crippen molar-refractivity contribution in [2.24, 2.45) is 5.73 Å². The summed E-state index contributed by atoms with van der Waals surface area (Å²) in [7, 11) is 0. The van der Waals surface area contributed by atoms with Gasteiger partial charge >= 0.3 is 0 Å². The van der Waals surface area contributed by atoms with E-state index in [1.807, 2.05) is 17.9 Å². The van der Waals surface area contributed by atoms with E-state index < -0.39 is 0 Å². The van der Waals surface area contributed by atoms with Crippen molar-refractivity contribution in [1.29, 1.82) is 0 Å². The predicted molar refractivity (Wildman–Crippen MR) is 56.1 cm³/mol. The zero-order valence-corrected chi connectivity index (χ0v) is 8.84. The molecule has 0 bridgehead atoms. The zero-order chi connectivity index (χ0) is 10.8. The number of nitrogens with two attached hydrogens (primary N) is 1. The van der Waals surface area contributed by atoms with Crippen LogP contribution in [0.15, 0.2) is 18.5 Å². The summed E-state index contributed by atoms with van der Waals surface area (Å²) in [6, 6.07) is 1.73. The van der Waals surface area contributed by atoms with Gasteiger partial charge in [-0.05, 0) is 19.4 Å². The molecule has 2 unspecified atom stereocenters. The molecule has 1 saturated heterocycles. The topological polar surface area (TPSA) is 64.2 Å². The van der Waals surface area contributed by atoms with Crippen LogP contribution in [0.5, 0.6) is 0 Å². The average molecular weight is 208 g/mol. The van der Waals surface area contributed by atoms with Crippen molar-refractivity contribution in [3.63, 3.8) is 0 Å². The van der Waals surface area contributed by atoms with E-state index in [1.54, 1.807) is 17.1 Å². The fourth-order valence-electron chi connectivity index (χ4n) is 1.87. The first kappa shape index (κ1) is 10.2. The minimum Gasteiger partial charge on any atom is -0.339 e. The van der Waals surface area contributed by atoms with Gasteiger partial charge in [-0.3, -0.25) is 9.48 Å². The first-order valence-electron chi connectivity index (χ1n) is 5.22. The third kappa shape index (κ3) is 2.02. The summed E-state index contributed by atoms with van der Waals surface area (Å²) in [5.41, 5.74) is 5.77. The highest BCUT2D eigenvalue weighted by Crippen LogP contribution is 2.14. The van der Waals surface area contributed by atoms with Crippen LogP contribution in [0, 0.1) is 0 Å². The Morgan fingerprint density at radius 3 is 3.00 bits per heavy atom. The Morgan fingerprint density at radius 2 is 2.47 bits per heavy atom. The molecule has 1 amide bonds. The third-order valence-electron chi connectivity index (χ3n) is 2.82. The maximum absolute atomic E-state index is 12.0. The van der Waals surface area contributed by atoms with E-state index in [1.165, 1.54) is 0 Å². The fourth-order valence-corrected chi connectivity index (χ4v) is 1.87. The summed E-state index contributed by atoms with van der Waals surface area (Å²) in [5.74, 6) is 0.103. The van der Waals surface area contributed by atoms with Crippen LogP contribution in [-0.4, -0.2) is 39.7 Å². The molecule has 2 heterocycles. The first-order valence-corrected chi connectivity index (χ1v) is 5.22. The Hall–Kier alpha value is -1.36. The molecule has 0 aromatic carbocycles. The van der Waals surface area contributed by atoms with Crippen molar-refractivity contribution in [2.45, 2.75) is 25.4 Å². The van der Waals surface area contributed by atoms with E-state index in [4.69, 9.17) is 5.73 Å². The van der Waals surface area contributed by atoms with Gasteiger partial charge in [-0.25, -0.2) is 0 Å². The lowest BCUT2D eigenvalue weighted by atomic mass is 10.3. The molecular formula is C10H16N4O. The van der Waals surface area contributed by atoms with Gasteiger partial charge < -0.3 is 10.6 Å². The highest BCUT2D eigenvalue weighted by atomic mass is 16.2. The lowest BCUT2D eigenvalue weighted by molar-refractivity contribution is -0.133. The highest BCUT2D eigenvalue weighted by Gasteiger charge is 2.27. The first-order chi connectivity index (χ1) is 7.18. The van der Waals surface area contributed by atoms with Crippen molar-refractivity contribution < 1.29 is 4.79 Å². The highest BCUT2D eigenvalue weighted by molar-refractivity contribution is 5.80. The van der Waals surface area contributed by atoms with E-state index in [0.29, 0.717) is 6.54 Å². The number of hydrogen-bond donors (Lipinski definition) is 1. The molecule has 1 fully saturated rings. The molecule has 1 aliphatic rings. The molecule has 0 spiro atoms. The second-order valence-electron chi connectivity index (χ2n) is 4.00.